The molecule has 156 valence electrons. The van der Waals surface area contributed by atoms with Crippen molar-refractivity contribution in [1.82, 2.24) is 4.72 Å². The second kappa shape index (κ2) is 8.24. The maximum atomic E-state index is 12.6. The average molecular weight is 420 g/mol. The third-order valence-corrected chi connectivity index (χ3v) is 6.11. The van der Waals surface area contributed by atoms with Crippen molar-refractivity contribution in [1.29, 1.82) is 0 Å². The molecule has 2 aliphatic rings. The van der Waals surface area contributed by atoms with Crippen molar-refractivity contribution in [2.75, 3.05) is 23.3 Å². The Labute approximate surface area is 170 Å². The Kier molecular flexibility index (Phi) is 5.92. The highest BCUT2D eigenvalue weighted by Gasteiger charge is 2.22. The number of allylic oxidation sites excluding steroid dienone is 2. The van der Waals surface area contributed by atoms with Gasteiger partial charge in [0.1, 0.15) is 0 Å². The Morgan fingerprint density at radius 3 is 2.55 bits per heavy atom. The predicted molar refractivity (Wildman–Crippen MR) is 112 cm³/mol. The van der Waals surface area contributed by atoms with Gasteiger partial charge in [-0.05, 0) is 56.9 Å². The SMILES string of the molecule is CC1=NS(=O)(=O)NC(C)=C1CCC(=O)Nc1cc(C(N)=O)ccc1N1CCCC1. The number of rotatable bonds is 6. The summed E-state index contributed by atoms with van der Waals surface area (Å²) in [5, 5.41) is 2.88. The van der Waals surface area contributed by atoms with Crippen molar-refractivity contribution in [2.45, 2.75) is 39.5 Å². The first kappa shape index (κ1) is 20.8. The number of nitrogens with zero attached hydrogens (tertiary/aromatic N) is 2. The zero-order valence-corrected chi connectivity index (χ0v) is 17.3. The largest absolute Gasteiger partial charge is 0.370 e. The number of carbonyl (C=O) groups is 2. The minimum atomic E-state index is -3.70. The van der Waals surface area contributed by atoms with E-state index in [0.717, 1.165) is 31.6 Å². The summed E-state index contributed by atoms with van der Waals surface area (Å²) >= 11 is 0. The van der Waals surface area contributed by atoms with Crippen molar-refractivity contribution < 1.29 is 18.0 Å². The molecule has 0 saturated carbocycles. The Morgan fingerprint density at radius 1 is 1.24 bits per heavy atom. The zero-order chi connectivity index (χ0) is 21.2. The van der Waals surface area contributed by atoms with Crippen LogP contribution < -0.4 is 20.7 Å². The number of hydrogen-bond donors (Lipinski definition) is 3. The highest BCUT2D eigenvalue weighted by Crippen LogP contribution is 2.30. The summed E-state index contributed by atoms with van der Waals surface area (Å²) in [6, 6.07) is 5.06. The van der Waals surface area contributed by atoms with Crippen molar-refractivity contribution >= 4 is 39.1 Å². The van der Waals surface area contributed by atoms with E-state index in [4.69, 9.17) is 5.73 Å². The summed E-state index contributed by atoms with van der Waals surface area (Å²) in [7, 11) is -3.70. The van der Waals surface area contributed by atoms with Crippen LogP contribution in [0.3, 0.4) is 0 Å². The van der Waals surface area contributed by atoms with Gasteiger partial charge in [0, 0.05) is 30.8 Å². The van der Waals surface area contributed by atoms with Gasteiger partial charge in [-0.2, -0.15) is 8.42 Å². The number of benzene rings is 1. The van der Waals surface area contributed by atoms with Gasteiger partial charge < -0.3 is 16.0 Å². The molecule has 0 spiro atoms. The summed E-state index contributed by atoms with van der Waals surface area (Å²) in [5.74, 6) is -0.802. The molecule has 0 aliphatic carbocycles. The van der Waals surface area contributed by atoms with Crippen LogP contribution in [0.4, 0.5) is 11.4 Å². The van der Waals surface area contributed by atoms with Crippen LogP contribution in [0.5, 0.6) is 0 Å². The van der Waals surface area contributed by atoms with Crippen molar-refractivity contribution in [3.05, 3.63) is 35.0 Å². The first-order valence-electron chi connectivity index (χ1n) is 9.44. The van der Waals surface area contributed by atoms with Crippen LogP contribution in [0, 0.1) is 0 Å². The lowest BCUT2D eigenvalue weighted by atomic mass is 10.0. The molecule has 1 aromatic rings. The smallest absolute Gasteiger partial charge is 0.342 e. The summed E-state index contributed by atoms with van der Waals surface area (Å²) in [5.41, 5.74) is 8.66. The highest BCUT2D eigenvalue weighted by molar-refractivity contribution is 7.88. The van der Waals surface area contributed by atoms with Gasteiger partial charge in [0.2, 0.25) is 11.8 Å². The lowest BCUT2D eigenvalue weighted by molar-refractivity contribution is -0.116. The summed E-state index contributed by atoms with van der Waals surface area (Å²) < 4.78 is 29.2. The molecule has 0 radical (unpaired) electrons. The van der Waals surface area contributed by atoms with Crippen LogP contribution in [0.15, 0.2) is 33.9 Å². The van der Waals surface area contributed by atoms with E-state index in [0.29, 0.717) is 34.7 Å². The van der Waals surface area contributed by atoms with E-state index < -0.39 is 16.1 Å². The minimum absolute atomic E-state index is 0.140. The molecule has 2 amide bonds. The predicted octanol–water partition coefficient (Wildman–Crippen LogP) is 1.69. The van der Waals surface area contributed by atoms with Crippen molar-refractivity contribution in [3.63, 3.8) is 0 Å². The van der Waals surface area contributed by atoms with E-state index in [1.54, 1.807) is 32.0 Å². The quantitative estimate of drug-likeness (QED) is 0.645. The fourth-order valence-electron chi connectivity index (χ4n) is 3.63. The average Bonchev–Trinajstić information content (AvgIpc) is 3.14. The first-order chi connectivity index (χ1) is 13.7. The van der Waals surface area contributed by atoms with Gasteiger partial charge in [-0.15, -0.1) is 4.40 Å². The van der Waals surface area contributed by atoms with Crippen LogP contribution in [0.1, 0.15) is 49.9 Å². The van der Waals surface area contributed by atoms with Crippen molar-refractivity contribution in [3.8, 4) is 0 Å². The molecule has 1 saturated heterocycles. The van der Waals surface area contributed by atoms with Gasteiger partial charge in [-0.25, -0.2) is 0 Å². The minimum Gasteiger partial charge on any atom is -0.370 e. The molecular weight excluding hydrogens is 394 g/mol. The molecule has 0 bridgehead atoms. The second-order valence-electron chi connectivity index (χ2n) is 7.20. The number of anilines is 2. The van der Waals surface area contributed by atoms with Crippen LogP contribution >= 0.6 is 0 Å². The molecule has 10 heteroatoms. The summed E-state index contributed by atoms with van der Waals surface area (Å²) in [6.45, 7) is 5.03. The van der Waals surface area contributed by atoms with E-state index >= 15 is 0 Å². The van der Waals surface area contributed by atoms with E-state index in [-0.39, 0.29) is 12.3 Å². The van der Waals surface area contributed by atoms with Crippen LogP contribution in [-0.2, 0) is 15.0 Å². The fourth-order valence-corrected chi connectivity index (χ4v) is 4.65. The number of carbonyl (C=O) groups excluding carboxylic acids is 2. The van der Waals surface area contributed by atoms with Crippen LogP contribution in [0.25, 0.3) is 0 Å². The monoisotopic (exact) mass is 419 g/mol. The Hall–Kier alpha value is -2.88. The van der Waals surface area contributed by atoms with Gasteiger partial charge in [-0.1, -0.05) is 0 Å². The number of hydrogen-bond acceptors (Lipinski definition) is 5. The summed E-state index contributed by atoms with van der Waals surface area (Å²) in [6.07, 6.45) is 2.63. The molecule has 9 nitrogen and oxygen atoms in total. The molecular formula is C19H25N5O4S. The van der Waals surface area contributed by atoms with Gasteiger partial charge >= 0.3 is 10.2 Å². The van der Waals surface area contributed by atoms with E-state index in [9.17, 15) is 18.0 Å². The highest BCUT2D eigenvalue weighted by atomic mass is 32.2. The Balaban J connectivity index is 1.74. The number of primary amides is 1. The molecule has 4 N–H and O–H groups in total. The maximum Gasteiger partial charge on any atom is 0.342 e. The van der Waals surface area contributed by atoms with Crippen LogP contribution in [-0.4, -0.2) is 39.0 Å². The van der Waals surface area contributed by atoms with Gasteiger partial charge in [0.15, 0.2) is 0 Å². The fraction of sp³-hybridized carbons (Fsp3) is 0.421. The molecule has 1 fully saturated rings. The molecule has 2 heterocycles. The molecule has 0 aromatic heterocycles. The van der Waals surface area contributed by atoms with Gasteiger partial charge in [0.05, 0.1) is 17.1 Å². The summed E-state index contributed by atoms with van der Waals surface area (Å²) in [4.78, 5) is 26.3. The Morgan fingerprint density at radius 2 is 1.93 bits per heavy atom. The molecule has 29 heavy (non-hydrogen) atoms. The third kappa shape index (κ3) is 4.94. The van der Waals surface area contributed by atoms with Gasteiger partial charge in [0.25, 0.3) is 0 Å². The number of amides is 2. The zero-order valence-electron chi connectivity index (χ0n) is 16.5. The van der Waals surface area contributed by atoms with E-state index in [1.165, 1.54) is 0 Å². The lowest BCUT2D eigenvalue weighted by Gasteiger charge is -2.22. The standard InChI is InChI=1S/C19H25N5O4S/c1-12-15(13(2)23-29(27,28)22-12)6-8-18(25)21-16-11-14(19(20)26)5-7-17(16)24-9-3-4-10-24/h5,7,11,22H,3-4,6,8-10H2,1-2H3,(H2,20,26)(H,21,25). The van der Waals surface area contributed by atoms with Gasteiger partial charge in [-0.3, -0.25) is 14.3 Å². The molecule has 0 unspecified atom stereocenters. The van der Waals surface area contributed by atoms with Crippen molar-refractivity contribution in [2.24, 2.45) is 10.1 Å². The first-order valence-corrected chi connectivity index (χ1v) is 10.9. The number of nitrogens with one attached hydrogen (secondary N) is 2. The normalized spacial score (nSPS) is 18.3. The molecule has 3 rings (SSSR count). The van der Waals surface area contributed by atoms with E-state index in [2.05, 4.69) is 19.3 Å². The second-order valence-corrected chi connectivity index (χ2v) is 8.53. The maximum absolute atomic E-state index is 12.6. The number of nitrogens with two attached hydrogens (primary N) is 1. The third-order valence-electron chi connectivity index (χ3n) is 5.03. The molecule has 0 atom stereocenters. The Bertz CT molecular complexity index is 1010. The van der Waals surface area contributed by atoms with E-state index in [1.807, 2.05) is 0 Å². The lowest BCUT2D eigenvalue weighted by Crippen LogP contribution is -2.28. The van der Waals surface area contributed by atoms with Crippen LogP contribution in [0.2, 0.25) is 0 Å². The topological polar surface area (TPSA) is 134 Å². The molecule has 2 aliphatic heterocycles. The molecule has 1 aromatic carbocycles.